The minimum atomic E-state index is -0.736. The molecule has 0 aliphatic carbocycles. The van der Waals surface area contributed by atoms with Crippen molar-refractivity contribution < 1.29 is 18.7 Å². The fourth-order valence-corrected chi connectivity index (χ4v) is 4.94. The standard InChI is InChI=1S/C24H17BrN2O5S/c1-3-9-31-17-6-4-13(11-18(17)30-2)20-19-21(28)15-12-14(25)5-7-16(15)32-22(19)23(29)27(20)24-26-8-10-33-24/h3-8,10-12,20H,1,9H2,2H3. The molecular formula is C24H17BrN2O5S. The molecule has 4 aromatic rings. The Morgan fingerprint density at radius 3 is 2.82 bits per heavy atom. The fourth-order valence-electron chi connectivity index (χ4n) is 3.91. The number of anilines is 1. The Morgan fingerprint density at radius 1 is 1.24 bits per heavy atom. The van der Waals surface area contributed by atoms with Gasteiger partial charge in [-0.15, -0.1) is 11.3 Å². The number of aromatic nitrogens is 1. The molecule has 1 aliphatic rings. The molecule has 2 aromatic heterocycles. The summed E-state index contributed by atoms with van der Waals surface area (Å²) in [5.74, 6) is 0.599. The van der Waals surface area contributed by atoms with Crippen molar-refractivity contribution in [1.29, 1.82) is 0 Å². The van der Waals surface area contributed by atoms with Gasteiger partial charge in [0.1, 0.15) is 12.2 Å². The number of fused-ring (bicyclic) bond motifs is 2. The molecule has 5 rings (SSSR count). The van der Waals surface area contributed by atoms with Crippen LogP contribution in [-0.4, -0.2) is 24.6 Å². The van der Waals surface area contributed by atoms with Crippen LogP contribution < -0.4 is 19.8 Å². The van der Waals surface area contributed by atoms with Crippen molar-refractivity contribution in [3.63, 3.8) is 0 Å². The Morgan fingerprint density at radius 2 is 2.09 bits per heavy atom. The molecule has 33 heavy (non-hydrogen) atoms. The van der Waals surface area contributed by atoms with E-state index in [2.05, 4.69) is 27.5 Å². The van der Waals surface area contributed by atoms with Crippen LogP contribution in [-0.2, 0) is 0 Å². The Hall–Kier alpha value is -3.43. The molecule has 0 bridgehead atoms. The molecule has 0 spiro atoms. The van der Waals surface area contributed by atoms with Crippen molar-refractivity contribution in [2.45, 2.75) is 6.04 Å². The van der Waals surface area contributed by atoms with Crippen LogP contribution in [0.4, 0.5) is 5.13 Å². The van der Waals surface area contributed by atoms with Crippen molar-refractivity contribution in [3.05, 3.63) is 92.2 Å². The minimum Gasteiger partial charge on any atom is -0.493 e. The van der Waals surface area contributed by atoms with Crippen LogP contribution in [0.1, 0.15) is 27.7 Å². The summed E-state index contributed by atoms with van der Waals surface area (Å²) in [6, 6.07) is 9.71. The predicted octanol–water partition coefficient (Wildman–Crippen LogP) is 5.34. The molecule has 1 amide bonds. The first-order chi connectivity index (χ1) is 16.0. The van der Waals surface area contributed by atoms with Crippen molar-refractivity contribution in [2.75, 3.05) is 18.6 Å². The minimum absolute atomic E-state index is 0.0148. The highest BCUT2D eigenvalue weighted by Crippen LogP contribution is 2.43. The summed E-state index contributed by atoms with van der Waals surface area (Å²) in [6.07, 6.45) is 3.25. The molecule has 0 radical (unpaired) electrons. The third-order valence-corrected chi connectivity index (χ3v) is 6.58. The number of rotatable bonds is 6. The van der Waals surface area contributed by atoms with Gasteiger partial charge < -0.3 is 13.9 Å². The van der Waals surface area contributed by atoms with Gasteiger partial charge in [0.2, 0.25) is 5.76 Å². The maximum Gasteiger partial charge on any atom is 0.297 e. The number of carbonyl (C=O) groups excluding carboxylic acids is 1. The third-order valence-electron chi connectivity index (χ3n) is 5.32. The molecule has 1 unspecified atom stereocenters. The van der Waals surface area contributed by atoms with E-state index in [1.165, 1.54) is 23.3 Å². The van der Waals surface area contributed by atoms with Crippen LogP contribution in [0.2, 0.25) is 0 Å². The molecule has 166 valence electrons. The zero-order valence-electron chi connectivity index (χ0n) is 17.4. The van der Waals surface area contributed by atoms with Crippen molar-refractivity contribution in [2.24, 2.45) is 0 Å². The zero-order chi connectivity index (χ0) is 23.1. The lowest BCUT2D eigenvalue weighted by Gasteiger charge is -2.23. The van der Waals surface area contributed by atoms with Crippen molar-refractivity contribution in [1.82, 2.24) is 4.98 Å². The van der Waals surface area contributed by atoms with E-state index in [0.29, 0.717) is 39.8 Å². The van der Waals surface area contributed by atoms with Crippen LogP contribution in [0.3, 0.4) is 0 Å². The monoisotopic (exact) mass is 524 g/mol. The number of methoxy groups -OCH3 is 1. The van der Waals surface area contributed by atoms with Gasteiger partial charge in [0.15, 0.2) is 22.1 Å². The van der Waals surface area contributed by atoms with E-state index < -0.39 is 11.9 Å². The van der Waals surface area contributed by atoms with Crippen LogP contribution in [0.25, 0.3) is 11.0 Å². The largest absolute Gasteiger partial charge is 0.493 e. The summed E-state index contributed by atoms with van der Waals surface area (Å²) in [4.78, 5) is 32.9. The number of nitrogens with zero attached hydrogens (tertiary/aromatic N) is 2. The number of carbonyl (C=O) groups is 1. The topological polar surface area (TPSA) is 81.9 Å². The van der Waals surface area contributed by atoms with Gasteiger partial charge >= 0.3 is 0 Å². The first kappa shape index (κ1) is 21.4. The Balaban J connectivity index is 1.75. The number of thiazole rings is 1. The van der Waals surface area contributed by atoms with Gasteiger partial charge in [-0.1, -0.05) is 34.7 Å². The van der Waals surface area contributed by atoms with E-state index in [-0.39, 0.29) is 16.8 Å². The van der Waals surface area contributed by atoms with E-state index in [0.717, 1.165) is 4.47 Å². The number of ether oxygens (including phenoxy) is 2. The Bertz CT molecular complexity index is 1450. The maximum atomic E-state index is 13.6. The molecule has 1 atom stereocenters. The van der Waals surface area contributed by atoms with Gasteiger partial charge in [-0.3, -0.25) is 14.5 Å². The van der Waals surface area contributed by atoms with Crippen LogP contribution in [0.15, 0.2) is 74.3 Å². The van der Waals surface area contributed by atoms with Gasteiger partial charge in [-0.05, 0) is 35.9 Å². The Kier molecular flexibility index (Phi) is 5.51. The van der Waals surface area contributed by atoms with Crippen LogP contribution in [0, 0.1) is 0 Å². The molecule has 0 saturated carbocycles. The van der Waals surface area contributed by atoms with Crippen molar-refractivity contribution >= 4 is 49.3 Å². The summed E-state index contributed by atoms with van der Waals surface area (Å²) in [6.45, 7) is 3.98. The smallest absolute Gasteiger partial charge is 0.297 e. The van der Waals surface area contributed by atoms with E-state index in [9.17, 15) is 9.59 Å². The number of amides is 1. The van der Waals surface area contributed by atoms with Crippen LogP contribution >= 0.6 is 27.3 Å². The first-order valence-corrected chi connectivity index (χ1v) is 11.6. The van der Waals surface area contributed by atoms with Gasteiger partial charge in [0.05, 0.1) is 24.1 Å². The third kappa shape index (κ3) is 3.53. The van der Waals surface area contributed by atoms with Gasteiger partial charge in [0.25, 0.3) is 5.91 Å². The fraction of sp³-hybridized carbons (Fsp3) is 0.125. The number of hydrogen-bond acceptors (Lipinski definition) is 7. The van der Waals surface area contributed by atoms with E-state index in [4.69, 9.17) is 13.9 Å². The molecule has 3 heterocycles. The average molecular weight is 525 g/mol. The highest BCUT2D eigenvalue weighted by molar-refractivity contribution is 9.10. The quantitative estimate of drug-likeness (QED) is 0.317. The maximum absolute atomic E-state index is 13.6. The lowest BCUT2D eigenvalue weighted by Crippen LogP contribution is -2.29. The van der Waals surface area contributed by atoms with Gasteiger partial charge in [-0.2, -0.15) is 0 Å². The molecule has 7 nitrogen and oxygen atoms in total. The van der Waals surface area contributed by atoms with E-state index >= 15 is 0 Å². The van der Waals surface area contributed by atoms with Gasteiger partial charge in [-0.25, -0.2) is 4.98 Å². The predicted molar refractivity (Wildman–Crippen MR) is 130 cm³/mol. The number of halogens is 1. The number of hydrogen-bond donors (Lipinski definition) is 0. The molecular weight excluding hydrogens is 508 g/mol. The first-order valence-electron chi connectivity index (χ1n) is 9.94. The normalized spacial score (nSPS) is 15.0. The highest BCUT2D eigenvalue weighted by atomic mass is 79.9. The van der Waals surface area contributed by atoms with E-state index in [1.54, 1.807) is 54.1 Å². The molecule has 0 fully saturated rings. The molecule has 2 aromatic carbocycles. The second-order valence-electron chi connectivity index (χ2n) is 7.22. The summed E-state index contributed by atoms with van der Waals surface area (Å²) >= 11 is 4.71. The molecule has 0 saturated heterocycles. The molecule has 0 N–H and O–H groups in total. The van der Waals surface area contributed by atoms with Gasteiger partial charge in [0, 0.05) is 16.0 Å². The average Bonchev–Trinajstić information content (AvgIpc) is 3.45. The summed E-state index contributed by atoms with van der Waals surface area (Å²) in [7, 11) is 1.53. The lowest BCUT2D eigenvalue weighted by atomic mass is 9.98. The Labute approximate surface area is 201 Å². The summed E-state index contributed by atoms with van der Waals surface area (Å²) in [5.41, 5.74) is 1.01. The lowest BCUT2D eigenvalue weighted by molar-refractivity contribution is 0.0971. The second kappa shape index (κ2) is 8.49. The summed E-state index contributed by atoms with van der Waals surface area (Å²) in [5, 5.41) is 2.63. The second-order valence-corrected chi connectivity index (χ2v) is 9.01. The number of benzene rings is 2. The van der Waals surface area contributed by atoms with E-state index in [1.807, 2.05) is 0 Å². The van der Waals surface area contributed by atoms with Crippen molar-refractivity contribution in [3.8, 4) is 11.5 Å². The van der Waals surface area contributed by atoms with Crippen LogP contribution in [0.5, 0.6) is 11.5 Å². The zero-order valence-corrected chi connectivity index (χ0v) is 19.8. The summed E-state index contributed by atoms with van der Waals surface area (Å²) < 4.78 is 17.9. The SMILES string of the molecule is C=CCOc1ccc(C2c3c(oc4ccc(Br)cc4c3=O)C(=O)N2c2nccs2)cc1OC. The highest BCUT2D eigenvalue weighted by Gasteiger charge is 2.45. The molecule has 1 aliphatic heterocycles. The molecule has 9 heteroatoms.